The van der Waals surface area contributed by atoms with E-state index in [0.717, 1.165) is 22.0 Å². The van der Waals surface area contributed by atoms with Gasteiger partial charge in [-0.05, 0) is 25.5 Å². The van der Waals surface area contributed by atoms with Crippen molar-refractivity contribution in [3.63, 3.8) is 0 Å². The third-order valence-electron chi connectivity index (χ3n) is 2.07. The van der Waals surface area contributed by atoms with Crippen molar-refractivity contribution in [2.75, 3.05) is 5.32 Å². The number of aryl methyl sites for hydroxylation is 2. The number of hydrogen-bond acceptors (Lipinski definition) is 4. The first-order chi connectivity index (χ1) is 7.65. The quantitative estimate of drug-likeness (QED) is 0.852. The summed E-state index contributed by atoms with van der Waals surface area (Å²) in [5.41, 5.74) is 2.99. The summed E-state index contributed by atoms with van der Waals surface area (Å²) in [4.78, 5) is 8.45. The van der Waals surface area contributed by atoms with Gasteiger partial charge >= 0.3 is 0 Å². The third-order valence-corrected chi connectivity index (χ3v) is 3.34. The summed E-state index contributed by atoms with van der Waals surface area (Å²) in [5, 5.41) is 6.82. The number of pyridine rings is 1. The zero-order chi connectivity index (χ0) is 11.5. The highest BCUT2D eigenvalue weighted by molar-refractivity contribution is 7.09. The molecule has 5 heteroatoms. The van der Waals surface area contributed by atoms with Crippen LogP contribution in [-0.4, -0.2) is 9.97 Å². The van der Waals surface area contributed by atoms with Crippen LogP contribution >= 0.6 is 22.9 Å². The van der Waals surface area contributed by atoms with Crippen molar-refractivity contribution in [3.05, 3.63) is 39.1 Å². The van der Waals surface area contributed by atoms with Crippen LogP contribution in [-0.2, 0) is 6.54 Å². The number of nitrogens with zero attached hydrogens (tertiary/aromatic N) is 2. The number of hydrogen-bond donors (Lipinski definition) is 1. The molecule has 84 valence electrons. The standard InChI is InChI=1S/C11H12ClN3S/c1-7-3-9(11(12)14-4-7)13-5-10-15-8(2)6-16-10/h3-4,6,13H,5H2,1-2H3. The van der Waals surface area contributed by atoms with E-state index in [1.54, 1.807) is 17.5 Å². The predicted octanol–water partition coefficient (Wildman–Crippen LogP) is 3.42. The van der Waals surface area contributed by atoms with Gasteiger partial charge in [0.25, 0.3) is 0 Å². The van der Waals surface area contributed by atoms with E-state index in [9.17, 15) is 0 Å². The molecule has 2 aromatic heterocycles. The molecular formula is C11H12ClN3S. The Balaban J connectivity index is 2.07. The van der Waals surface area contributed by atoms with Gasteiger partial charge in [0, 0.05) is 17.3 Å². The molecule has 0 radical (unpaired) electrons. The Morgan fingerprint density at radius 1 is 1.44 bits per heavy atom. The molecule has 0 saturated heterocycles. The van der Waals surface area contributed by atoms with E-state index >= 15 is 0 Å². The Labute approximate surface area is 104 Å². The smallest absolute Gasteiger partial charge is 0.152 e. The zero-order valence-electron chi connectivity index (χ0n) is 9.12. The highest BCUT2D eigenvalue weighted by Gasteiger charge is 2.03. The molecule has 0 aliphatic carbocycles. The normalized spacial score (nSPS) is 10.4. The molecule has 0 bridgehead atoms. The van der Waals surface area contributed by atoms with E-state index < -0.39 is 0 Å². The Morgan fingerprint density at radius 3 is 2.94 bits per heavy atom. The maximum atomic E-state index is 5.98. The average molecular weight is 254 g/mol. The predicted molar refractivity (Wildman–Crippen MR) is 68.2 cm³/mol. The average Bonchev–Trinajstić information content (AvgIpc) is 2.66. The fourth-order valence-electron chi connectivity index (χ4n) is 1.33. The van der Waals surface area contributed by atoms with Gasteiger partial charge in [-0.3, -0.25) is 0 Å². The Kier molecular flexibility index (Phi) is 3.41. The molecule has 0 atom stereocenters. The molecule has 2 aromatic rings. The second-order valence-corrected chi connectivity index (χ2v) is 4.89. The van der Waals surface area contributed by atoms with E-state index in [1.165, 1.54) is 0 Å². The second-order valence-electron chi connectivity index (χ2n) is 3.59. The molecule has 0 aliphatic rings. The van der Waals surface area contributed by atoms with Gasteiger partial charge in [0.2, 0.25) is 0 Å². The van der Waals surface area contributed by atoms with Crippen LogP contribution in [0.5, 0.6) is 0 Å². The highest BCUT2D eigenvalue weighted by Crippen LogP contribution is 2.21. The molecule has 0 spiro atoms. The molecule has 2 rings (SSSR count). The first kappa shape index (κ1) is 11.4. The SMILES string of the molecule is Cc1cnc(Cl)c(NCc2nc(C)cs2)c1. The molecule has 0 saturated carbocycles. The number of anilines is 1. The van der Waals surface area contributed by atoms with Crippen LogP contribution in [0.25, 0.3) is 0 Å². The van der Waals surface area contributed by atoms with Gasteiger partial charge in [-0.1, -0.05) is 11.6 Å². The van der Waals surface area contributed by atoms with Gasteiger partial charge in [-0.25, -0.2) is 9.97 Å². The maximum Gasteiger partial charge on any atom is 0.152 e. The van der Waals surface area contributed by atoms with Crippen LogP contribution in [0, 0.1) is 13.8 Å². The molecule has 2 heterocycles. The Hall–Kier alpha value is -1.13. The van der Waals surface area contributed by atoms with E-state index in [1.807, 2.05) is 25.3 Å². The lowest BCUT2D eigenvalue weighted by molar-refractivity contribution is 1.07. The van der Waals surface area contributed by atoms with Gasteiger partial charge in [0.1, 0.15) is 5.01 Å². The molecule has 1 N–H and O–H groups in total. The zero-order valence-corrected chi connectivity index (χ0v) is 10.7. The number of halogens is 1. The summed E-state index contributed by atoms with van der Waals surface area (Å²) in [6.07, 6.45) is 1.75. The van der Waals surface area contributed by atoms with Gasteiger partial charge in [-0.15, -0.1) is 11.3 Å². The van der Waals surface area contributed by atoms with Crippen molar-refractivity contribution in [1.82, 2.24) is 9.97 Å². The minimum atomic E-state index is 0.499. The van der Waals surface area contributed by atoms with Crippen molar-refractivity contribution in [2.45, 2.75) is 20.4 Å². The van der Waals surface area contributed by atoms with Gasteiger partial charge in [0.15, 0.2) is 5.15 Å². The summed E-state index contributed by atoms with van der Waals surface area (Å²) in [7, 11) is 0. The fourth-order valence-corrected chi connectivity index (χ4v) is 2.21. The Morgan fingerprint density at radius 2 is 2.25 bits per heavy atom. The molecule has 16 heavy (non-hydrogen) atoms. The van der Waals surface area contributed by atoms with Crippen LogP contribution in [0.2, 0.25) is 5.15 Å². The lowest BCUT2D eigenvalue weighted by Gasteiger charge is -2.06. The Bertz CT molecular complexity index is 496. The molecule has 0 aliphatic heterocycles. The molecular weight excluding hydrogens is 242 g/mol. The van der Waals surface area contributed by atoms with E-state index in [2.05, 4.69) is 15.3 Å². The van der Waals surface area contributed by atoms with E-state index in [-0.39, 0.29) is 0 Å². The summed E-state index contributed by atoms with van der Waals surface area (Å²) >= 11 is 7.62. The van der Waals surface area contributed by atoms with Crippen LogP contribution in [0.3, 0.4) is 0 Å². The van der Waals surface area contributed by atoms with Gasteiger partial charge in [-0.2, -0.15) is 0 Å². The molecule has 0 unspecified atom stereocenters. The van der Waals surface area contributed by atoms with E-state index in [0.29, 0.717) is 11.7 Å². The van der Waals surface area contributed by atoms with Crippen LogP contribution in [0.4, 0.5) is 5.69 Å². The number of aromatic nitrogens is 2. The molecule has 0 aromatic carbocycles. The van der Waals surface area contributed by atoms with Gasteiger partial charge < -0.3 is 5.32 Å². The molecule has 0 amide bonds. The van der Waals surface area contributed by atoms with Crippen molar-refractivity contribution in [2.24, 2.45) is 0 Å². The largest absolute Gasteiger partial charge is 0.376 e. The first-order valence-electron chi connectivity index (χ1n) is 4.92. The topological polar surface area (TPSA) is 37.8 Å². The van der Waals surface area contributed by atoms with Crippen molar-refractivity contribution < 1.29 is 0 Å². The summed E-state index contributed by atoms with van der Waals surface area (Å²) in [5.74, 6) is 0. The van der Waals surface area contributed by atoms with Crippen LogP contribution in [0.15, 0.2) is 17.6 Å². The second kappa shape index (κ2) is 4.80. The first-order valence-corrected chi connectivity index (χ1v) is 6.18. The summed E-state index contributed by atoms with van der Waals surface area (Å²) < 4.78 is 0. The number of rotatable bonds is 3. The minimum absolute atomic E-state index is 0.499. The number of nitrogens with one attached hydrogen (secondary N) is 1. The lowest BCUT2D eigenvalue weighted by atomic mass is 10.3. The summed E-state index contributed by atoms with van der Waals surface area (Å²) in [6, 6.07) is 1.98. The van der Waals surface area contributed by atoms with Crippen molar-refractivity contribution >= 4 is 28.6 Å². The van der Waals surface area contributed by atoms with E-state index in [4.69, 9.17) is 11.6 Å². The molecule has 3 nitrogen and oxygen atoms in total. The monoisotopic (exact) mass is 253 g/mol. The van der Waals surface area contributed by atoms with Gasteiger partial charge in [0.05, 0.1) is 12.2 Å². The van der Waals surface area contributed by atoms with Crippen molar-refractivity contribution in [1.29, 1.82) is 0 Å². The van der Waals surface area contributed by atoms with Crippen molar-refractivity contribution in [3.8, 4) is 0 Å². The van der Waals surface area contributed by atoms with Crippen LogP contribution in [0.1, 0.15) is 16.3 Å². The molecule has 0 fully saturated rings. The lowest BCUT2D eigenvalue weighted by Crippen LogP contribution is -2.00. The van der Waals surface area contributed by atoms with Crippen LogP contribution < -0.4 is 5.32 Å². The maximum absolute atomic E-state index is 5.98. The fraction of sp³-hybridized carbons (Fsp3) is 0.273. The third kappa shape index (κ3) is 2.71. The highest BCUT2D eigenvalue weighted by atomic mass is 35.5. The number of thiazole rings is 1. The minimum Gasteiger partial charge on any atom is -0.376 e. The summed E-state index contributed by atoms with van der Waals surface area (Å²) in [6.45, 7) is 4.66.